The van der Waals surface area contributed by atoms with Gasteiger partial charge in [-0.15, -0.1) is 0 Å². The lowest BCUT2D eigenvalue weighted by Crippen LogP contribution is -2.51. The van der Waals surface area contributed by atoms with E-state index in [-0.39, 0.29) is 12.1 Å². The zero-order chi connectivity index (χ0) is 14.4. The summed E-state index contributed by atoms with van der Waals surface area (Å²) in [5, 5.41) is 0. The number of rotatable bonds is 2. The van der Waals surface area contributed by atoms with Crippen molar-refractivity contribution in [2.75, 3.05) is 13.2 Å². The molecule has 0 N–H and O–H groups in total. The lowest BCUT2D eigenvalue weighted by atomic mass is 9.47. The van der Waals surface area contributed by atoms with Gasteiger partial charge in [0.15, 0.2) is 6.29 Å². The van der Waals surface area contributed by atoms with Gasteiger partial charge in [0, 0.05) is 11.5 Å². The number of benzene rings is 1. The summed E-state index contributed by atoms with van der Waals surface area (Å²) in [5.74, 6) is 2.05. The molecule has 3 aliphatic rings. The Hall–Kier alpha value is -0.930. The molecule has 2 aliphatic carbocycles. The standard InChI is InChI=1S/C18H23FO2/c1-12-6-18(7-12)8-14(9-18)15-10-20-17(21-11-15)13-2-4-16(19)5-3-13/h2-5,12,14-15,17H,6-11H2,1H3. The third-order valence-corrected chi connectivity index (χ3v) is 5.69. The van der Waals surface area contributed by atoms with Crippen molar-refractivity contribution >= 4 is 0 Å². The molecule has 0 aromatic heterocycles. The minimum Gasteiger partial charge on any atom is -0.348 e. The van der Waals surface area contributed by atoms with Gasteiger partial charge in [-0.3, -0.25) is 0 Å². The molecule has 2 saturated carbocycles. The van der Waals surface area contributed by atoms with Crippen molar-refractivity contribution in [1.29, 1.82) is 0 Å². The lowest BCUT2D eigenvalue weighted by Gasteiger charge is -2.59. The van der Waals surface area contributed by atoms with E-state index in [1.165, 1.54) is 37.8 Å². The van der Waals surface area contributed by atoms with Crippen LogP contribution < -0.4 is 0 Å². The van der Waals surface area contributed by atoms with Gasteiger partial charge in [-0.1, -0.05) is 19.1 Å². The van der Waals surface area contributed by atoms with Crippen LogP contribution in [-0.2, 0) is 9.47 Å². The molecule has 1 heterocycles. The number of halogens is 1. The van der Waals surface area contributed by atoms with Crippen LogP contribution in [0.3, 0.4) is 0 Å². The molecule has 1 aromatic rings. The Labute approximate surface area is 125 Å². The molecule has 1 aliphatic heterocycles. The second kappa shape index (κ2) is 5.06. The average molecular weight is 290 g/mol. The van der Waals surface area contributed by atoms with Crippen molar-refractivity contribution in [2.24, 2.45) is 23.2 Å². The second-order valence-electron chi connectivity index (χ2n) is 7.49. The van der Waals surface area contributed by atoms with Crippen LogP contribution in [-0.4, -0.2) is 13.2 Å². The molecule has 4 rings (SSSR count). The summed E-state index contributed by atoms with van der Waals surface area (Å²) < 4.78 is 24.7. The molecule has 2 nitrogen and oxygen atoms in total. The minimum atomic E-state index is -0.320. The largest absolute Gasteiger partial charge is 0.348 e. The third-order valence-electron chi connectivity index (χ3n) is 5.69. The van der Waals surface area contributed by atoms with Crippen molar-refractivity contribution < 1.29 is 13.9 Å². The van der Waals surface area contributed by atoms with E-state index in [4.69, 9.17) is 9.47 Å². The van der Waals surface area contributed by atoms with Gasteiger partial charge in [0.25, 0.3) is 0 Å². The third kappa shape index (κ3) is 2.51. The molecular formula is C18H23FO2. The van der Waals surface area contributed by atoms with Crippen LogP contribution in [0.4, 0.5) is 4.39 Å². The van der Waals surface area contributed by atoms with E-state index in [9.17, 15) is 4.39 Å². The molecule has 0 atom stereocenters. The fraction of sp³-hybridized carbons (Fsp3) is 0.667. The average Bonchev–Trinajstić information content (AvgIpc) is 2.42. The molecule has 3 fully saturated rings. The summed E-state index contributed by atoms with van der Waals surface area (Å²) in [7, 11) is 0. The number of hydrogen-bond acceptors (Lipinski definition) is 2. The zero-order valence-corrected chi connectivity index (χ0v) is 12.6. The maximum absolute atomic E-state index is 12.9. The lowest BCUT2D eigenvalue weighted by molar-refractivity contribution is -0.228. The van der Waals surface area contributed by atoms with Gasteiger partial charge in [0.05, 0.1) is 13.2 Å². The molecule has 1 aromatic carbocycles. The highest BCUT2D eigenvalue weighted by molar-refractivity contribution is 5.17. The van der Waals surface area contributed by atoms with E-state index >= 15 is 0 Å². The zero-order valence-electron chi connectivity index (χ0n) is 12.6. The Morgan fingerprint density at radius 3 is 2.14 bits per heavy atom. The van der Waals surface area contributed by atoms with Crippen molar-refractivity contribution in [1.82, 2.24) is 0 Å². The Bertz CT molecular complexity index is 490. The van der Waals surface area contributed by atoms with Crippen LogP contribution in [0.25, 0.3) is 0 Å². The van der Waals surface area contributed by atoms with Gasteiger partial charge in [0.2, 0.25) is 0 Å². The van der Waals surface area contributed by atoms with Crippen molar-refractivity contribution in [3.63, 3.8) is 0 Å². The van der Waals surface area contributed by atoms with Crippen molar-refractivity contribution in [3.8, 4) is 0 Å². The maximum atomic E-state index is 12.9. The van der Waals surface area contributed by atoms with Crippen LogP contribution >= 0.6 is 0 Å². The van der Waals surface area contributed by atoms with Gasteiger partial charge >= 0.3 is 0 Å². The topological polar surface area (TPSA) is 18.5 Å². The maximum Gasteiger partial charge on any atom is 0.183 e. The molecule has 0 bridgehead atoms. The molecule has 0 radical (unpaired) electrons. The van der Waals surface area contributed by atoms with Gasteiger partial charge in [-0.05, 0) is 55.1 Å². The quantitative estimate of drug-likeness (QED) is 0.808. The normalized spacial score (nSPS) is 42.4. The Morgan fingerprint density at radius 2 is 1.57 bits per heavy atom. The summed E-state index contributed by atoms with van der Waals surface area (Å²) >= 11 is 0. The van der Waals surface area contributed by atoms with E-state index < -0.39 is 0 Å². The molecule has 3 heteroatoms. The highest BCUT2D eigenvalue weighted by Crippen LogP contribution is 2.62. The van der Waals surface area contributed by atoms with Crippen molar-refractivity contribution in [3.05, 3.63) is 35.6 Å². The second-order valence-corrected chi connectivity index (χ2v) is 7.49. The van der Waals surface area contributed by atoms with E-state index in [0.29, 0.717) is 11.3 Å². The first-order valence-electron chi connectivity index (χ1n) is 8.12. The SMILES string of the molecule is CC1CC2(C1)CC(C1COC(c3ccc(F)cc3)OC1)C2. The molecule has 21 heavy (non-hydrogen) atoms. The monoisotopic (exact) mass is 290 g/mol. The fourth-order valence-electron chi connectivity index (χ4n) is 4.74. The Morgan fingerprint density at radius 1 is 0.952 bits per heavy atom. The molecule has 0 amide bonds. The van der Waals surface area contributed by atoms with Crippen LogP contribution in [0.5, 0.6) is 0 Å². The van der Waals surface area contributed by atoms with E-state index in [1.807, 2.05) is 0 Å². The predicted molar refractivity (Wildman–Crippen MR) is 78.1 cm³/mol. The van der Waals surface area contributed by atoms with Crippen LogP contribution in [0.1, 0.15) is 44.5 Å². The molecule has 114 valence electrons. The predicted octanol–water partition coefficient (Wildman–Crippen LogP) is 4.31. The Balaban J connectivity index is 1.28. The molecular weight excluding hydrogens is 267 g/mol. The number of ether oxygens (including phenoxy) is 2. The van der Waals surface area contributed by atoms with E-state index in [0.717, 1.165) is 30.6 Å². The van der Waals surface area contributed by atoms with Gasteiger partial charge in [0.1, 0.15) is 5.82 Å². The van der Waals surface area contributed by atoms with E-state index in [2.05, 4.69) is 6.92 Å². The van der Waals surface area contributed by atoms with E-state index in [1.54, 1.807) is 12.1 Å². The smallest absolute Gasteiger partial charge is 0.183 e. The number of hydrogen-bond donors (Lipinski definition) is 0. The van der Waals surface area contributed by atoms with Gasteiger partial charge in [-0.2, -0.15) is 0 Å². The molecule has 1 spiro atoms. The van der Waals surface area contributed by atoms with Crippen LogP contribution in [0, 0.1) is 29.0 Å². The summed E-state index contributed by atoms with van der Waals surface area (Å²) in [6.45, 7) is 3.91. The summed E-state index contributed by atoms with van der Waals surface area (Å²) in [6.07, 6.45) is 5.28. The molecule has 1 saturated heterocycles. The first-order valence-corrected chi connectivity index (χ1v) is 8.12. The summed E-state index contributed by atoms with van der Waals surface area (Å²) in [6, 6.07) is 6.41. The first kappa shape index (κ1) is 13.7. The van der Waals surface area contributed by atoms with Gasteiger partial charge in [-0.25, -0.2) is 4.39 Å². The highest BCUT2D eigenvalue weighted by Gasteiger charge is 2.53. The fourth-order valence-corrected chi connectivity index (χ4v) is 4.74. The summed E-state index contributed by atoms with van der Waals surface area (Å²) in [4.78, 5) is 0. The highest BCUT2D eigenvalue weighted by atomic mass is 19.1. The summed E-state index contributed by atoms with van der Waals surface area (Å²) in [5.41, 5.74) is 1.60. The van der Waals surface area contributed by atoms with Crippen LogP contribution in [0.2, 0.25) is 0 Å². The first-order chi connectivity index (χ1) is 10.1. The van der Waals surface area contributed by atoms with Crippen molar-refractivity contribution in [2.45, 2.75) is 38.9 Å². The van der Waals surface area contributed by atoms with Crippen LogP contribution in [0.15, 0.2) is 24.3 Å². The van der Waals surface area contributed by atoms with Gasteiger partial charge < -0.3 is 9.47 Å². The molecule has 0 unspecified atom stereocenters. The Kier molecular flexibility index (Phi) is 3.31. The minimum absolute atomic E-state index is 0.220.